The van der Waals surface area contributed by atoms with Crippen molar-refractivity contribution in [2.75, 3.05) is 25.2 Å². The van der Waals surface area contributed by atoms with Crippen molar-refractivity contribution in [2.24, 2.45) is 11.7 Å². The third-order valence-electron chi connectivity index (χ3n) is 3.55. The first-order chi connectivity index (χ1) is 12.6. The van der Waals surface area contributed by atoms with Gasteiger partial charge in [0.15, 0.2) is 0 Å². The first-order valence-electron chi connectivity index (χ1n) is 8.57. The Hall–Kier alpha value is -1.85. The zero-order valence-electron chi connectivity index (χ0n) is 15.9. The number of aliphatic hydroxyl groups excluding tert-OH is 1. The average Bonchev–Trinajstić information content (AvgIpc) is 2.60. The van der Waals surface area contributed by atoms with Crippen LogP contribution in [0.5, 0.6) is 0 Å². The number of carbonyl (C=O) groups excluding carboxylic acids is 3. The highest BCUT2D eigenvalue weighted by molar-refractivity contribution is 7.98. The maximum absolute atomic E-state index is 12.3. The van der Waals surface area contributed by atoms with Gasteiger partial charge in [-0.1, -0.05) is 13.8 Å². The van der Waals surface area contributed by atoms with Crippen LogP contribution in [0.1, 0.15) is 26.7 Å². The van der Waals surface area contributed by atoms with E-state index in [1.807, 2.05) is 20.1 Å². The maximum atomic E-state index is 12.3. The Kier molecular flexibility index (Phi) is 12.4. The fraction of sp³-hybridized carbons (Fsp3) is 0.750. The zero-order chi connectivity index (χ0) is 21.0. The predicted octanol–water partition coefficient (Wildman–Crippen LogP) is -1.72. The minimum absolute atomic E-state index is 0.100. The topological polar surface area (TPSA) is 171 Å². The Bertz CT molecular complexity index is 517. The Morgan fingerprint density at radius 3 is 2.19 bits per heavy atom. The second-order valence-electron chi connectivity index (χ2n) is 6.44. The molecule has 3 atom stereocenters. The van der Waals surface area contributed by atoms with Crippen molar-refractivity contribution in [1.29, 1.82) is 0 Å². The van der Waals surface area contributed by atoms with Crippen molar-refractivity contribution in [2.45, 2.75) is 44.8 Å². The third-order valence-corrected chi connectivity index (χ3v) is 4.19. The van der Waals surface area contributed by atoms with Crippen LogP contribution in [0.2, 0.25) is 0 Å². The van der Waals surface area contributed by atoms with E-state index >= 15 is 0 Å². The number of aliphatic carboxylic acids is 1. The number of hydrogen-bond acceptors (Lipinski definition) is 7. The Morgan fingerprint density at radius 1 is 1.07 bits per heavy atom. The number of nitrogens with one attached hydrogen (secondary N) is 3. The number of carbonyl (C=O) groups is 4. The SMILES string of the molecule is CSCCC(N)C(=O)NC(CC(C)C)C(=O)NCC(=O)NC(CO)C(=O)O. The highest BCUT2D eigenvalue weighted by Crippen LogP contribution is 2.06. The van der Waals surface area contributed by atoms with Gasteiger partial charge >= 0.3 is 5.97 Å². The number of hydrogen-bond donors (Lipinski definition) is 6. The van der Waals surface area contributed by atoms with E-state index in [2.05, 4.69) is 16.0 Å². The van der Waals surface area contributed by atoms with Crippen LogP contribution >= 0.6 is 11.8 Å². The molecule has 0 aliphatic rings. The summed E-state index contributed by atoms with van der Waals surface area (Å²) in [6, 6.07) is -3.04. The van der Waals surface area contributed by atoms with Gasteiger partial charge in [-0.3, -0.25) is 14.4 Å². The molecular weight excluding hydrogens is 376 g/mol. The quantitative estimate of drug-likeness (QED) is 0.210. The van der Waals surface area contributed by atoms with E-state index in [1.165, 1.54) is 0 Å². The standard InChI is InChI=1S/C16H30N4O6S/c1-9(2)6-11(20-14(23)10(17)4-5-27-3)15(24)18-7-13(22)19-12(8-21)16(25)26/h9-12,21H,4-8,17H2,1-3H3,(H,18,24)(H,19,22)(H,20,23)(H,25,26). The number of carboxylic acid groups (broad SMARTS) is 1. The van der Waals surface area contributed by atoms with Crippen LogP contribution in [-0.4, -0.2) is 77.2 Å². The van der Waals surface area contributed by atoms with Crippen molar-refractivity contribution in [1.82, 2.24) is 16.0 Å². The van der Waals surface area contributed by atoms with Crippen LogP contribution in [0.3, 0.4) is 0 Å². The molecule has 0 rings (SSSR count). The molecule has 11 heteroatoms. The van der Waals surface area contributed by atoms with E-state index in [-0.39, 0.29) is 5.92 Å². The molecule has 3 unspecified atom stereocenters. The molecule has 3 amide bonds. The highest BCUT2D eigenvalue weighted by atomic mass is 32.2. The van der Waals surface area contributed by atoms with Crippen molar-refractivity contribution in [3.05, 3.63) is 0 Å². The molecule has 0 bridgehead atoms. The summed E-state index contributed by atoms with van der Waals surface area (Å²) in [5.74, 6) is -2.35. The van der Waals surface area contributed by atoms with Crippen LogP contribution in [-0.2, 0) is 19.2 Å². The molecule has 10 nitrogen and oxygen atoms in total. The van der Waals surface area contributed by atoms with E-state index in [0.29, 0.717) is 18.6 Å². The molecule has 0 saturated heterocycles. The zero-order valence-corrected chi connectivity index (χ0v) is 16.7. The van der Waals surface area contributed by atoms with E-state index in [1.54, 1.807) is 11.8 Å². The van der Waals surface area contributed by atoms with Crippen molar-refractivity contribution in [3.63, 3.8) is 0 Å². The van der Waals surface area contributed by atoms with Gasteiger partial charge in [0.05, 0.1) is 19.2 Å². The Morgan fingerprint density at radius 2 is 1.70 bits per heavy atom. The molecule has 0 aliphatic carbocycles. The Balaban J connectivity index is 4.71. The summed E-state index contributed by atoms with van der Waals surface area (Å²) in [6.45, 7) is 2.51. The molecule has 156 valence electrons. The molecule has 0 saturated carbocycles. The molecule has 27 heavy (non-hydrogen) atoms. The van der Waals surface area contributed by atoms with Crippen LogP contribution in [0.4, 0.5) is 0 Å². The normalized spacial score (nSPS) is 14.1. The van der Waals surface area contributed by atoms with Gasteiger partial charge in [-0.2, -0.15) is 11.8 Å². The fourth-order valence-corrected chi connectivity index (χ4v) is 2.57. The minimum atomic E-state index is -1.45. The van der Waals surface area contributed by atoms with E-state index < -0.39 is 55.0 Å². The van der Waals surface area contributed by atoms with Gasteiger partial charge in [-0.25, -0.2) is 4.79 Å². The minimum Gasteiger partial charge on any atom is -0.480 e. The summed E-state index contributed by atoms with van der Waals surface area (Å²) in [7, 11) is 0. The number of nitrogens with two attached hydrogens (primary N) is 1. The smallest absolute Gasteiger partial charge is 0.328 e. The number of carboxylic acids is 1. The van der Waals surface area contributed by atoms with Gasteiger partial charge in [0.2, 0.25) is 17.7 Å². The first-order valence-corrected chi connectivity index (χ1v) is 9.97. The summed E-state index contributed by atoms with van der Waals surface area (Å²) >= 11 is 1.56. The molecule has 0 fully saturated rings. The molecule has 7 N–H and O–H groups in total. The molecule has 0 spiro atoms. The number of aliphatic hydroxyl groups is 1. The van der Waals surface area contributed by atoms with Crippen LogP contribution in [0.15, 0.2) is 0 Å². The fourth-order valence-electron chi connectivity index (χ4n) is 2.08. The van der Waals surface area contributed by atoms with Gasteiger partial charge < -0.3 is 31.9 Å². The number of rotatable bonds is 13. The summed E-state index contributed by atoms with van der Waals surface area (Å²) in [5, 5.41) is 24.7. The maximum Gasteiger partial charge on any atom is 0.328 e. The first kappa shape index (κ1) is 25.1. The van der Waals surface area contributed by atoms with Crippen LogP contribution < -0.4 is 21.7 Å². The molecular formula is C16H30N4O6S. The molecule has 0 aromatic carbocycles. The lowest BCUT2D eigenvalue weighted by molar-refractivity contribution is -0.142. The molecule has 0 radical (unpaired) electrons. The molecule has 0 aromatic heterocycles. The summed E-state index contributed by atoms with van der Waals surface area (Å²) in [4.78, 5) is 46.9. The average molecular weight is 407 g/mol. The monoisotopic (exact) mass is 406 g/mol. The van der Waals surface area contributed by atoms with Crippen molar-refractivity contribution in [3.8, 4) is 0 Å². The van der Waals surface area contributed by atoms with E-state index in [0.717, 1.165) is 0 Å². The largest absolute Gasteiger partial charge is 0.480 e. The second-order valence-corrected chi connectivity index (χ2v) is 7.42. The lowest BCUT2D eigenvalue weighted by Crippen LogP contribution is -2.54. The molecule has 0 aliphatic heterocycles. The van der Waals surface area contributed by atoms with Gasteiger partial charge in [-0.15, -0.1) is 0 Å². The highest BCUT2D eigenvalue weighted by Gasteiger charge is 2.25. The third kappa shape index (κ3) is 10.8. The lowest BCUT2D eigenvalue weighted by Gasteiger charge is -2.22. The van der Waals surface area contributed by atoms with Gasteiger partial charge in [0.1, 0.15) is 12.1 Å². The van der Waals surface area contributed by atoms with E-state index in [4.69, 9.17) is 15.9 Å². The van der Waals surface area contributed by atoms with Crippen molar-refractivity contribution >= 4 is 35.5 Å². The number of amides is 3. The molecule has 0 aromatic rings. The lowest BCUT2D eigenvalue weighted by atomic mass is 10.0. The Labute approximate surface area is 163 Å². The molecule has 0 heterocycles. The van der Waals surface area contributed by atoms with Gasteiger partial charge in [0.25, 0.3) is 0 Å². The van der Waals surface area contributed by atoms with E-state index in [9.17, 15) is 19.2 Å². The summed E-state index contributed by atoms with van der Waals surface area (Å²) < 4.78 is 0. The van der Waals surface area contributed by atoms with Gasteiger partial charge in [-0.05, 0) is 30.8 Å². The van der Waals surface area contributed by atoms with Crippen LogP contribution in [0, 0.1) is 5.92 Å². The second kappa shape index (κ2) is 13.3. The van der Waals surface area contributed by atoms with Crippen LogP contribution in [0.25, 0.3) is 0 Å². The summed E-state index contributed by atoms with van der Waals surface area (Å²) in [6.07, 6.45) is 2.72. The summed E-state index contributed by atoms with van der Waals surface area (Å²) in [5.41, 5.74) is 5.80. The van der Waals surface area contributed by atoms with Crippen molar-refractivity contribution < 1.29 is 29.4 Å². The predicted molar refractivity (Wildman–Crippen MR) is 102 cm³/mol. The van der Waals surface area contributed by atoms with Gasteiger partial charge in [0, 0.05) is 0 Å². The number of thioether (sulfide) groups is 1.